The number of nitrogens with one attached hydrogen (secondary N) is 1. The van der Waals surface area contributed by atoms with Crippen molar-refractivity contribution in [2.75, 3.05) is 12.4 Å². The topological polar surface area (TPSA) is 38.3 Å². The molecule has 1 unspecified atom stereocenters. The molecule has 1 N–H and O–H groups in total. The van der Waals surface area contributed by atoms with Gasteiger partial charge in [-0.1, -0.05) is 54.1 Å². The molecule has 2 rings (SSSR count). The van der Waals surface area contributed by atoms with E-state index in [-0.39, 0.29) is 11.2 Å². The van der Waals surface area contributed by atoms with Gasteiger partial charge in [-0.2, -0.15) is 0 Å². The molecule has 1 atom stereocenters. The van der Waals surface area contributed by atoms with Gasteiger partial charge in [0.05, 0.1) is 17.6 Å². The van der Waals surface area contributed by atoms with Crippen molar-refractivity contribution in [3.8, 4) is 0 Å². The third-order valence-electron chi connectivity index (χ3n) is 2.99. The van der Waals surface area contributed by atoms with Crippen molar-refractivity contribution in [1.82, 2.24) is 5.48 Å². The highest BCUT2D eigenvalue weighted by Gasteiger charge is 2.16. The monoisotopic (exact) mass is 335 g/mol. The minimum atomic E-state index is -0.137. The van der Waals surface area contributed by atoms with Crippen LogP contribution in [-0.4, -0.2) is 18.3 Å². The summed E-state index contributed by atoms with van der Waals surface area (Å²) in [6.45, 7) is 2.28. The molecule has 22 heavy (non-hydrogen) atoms. The molecule has 2 aromatic rings. The molecule has 0 heterocycles. The summed E-state index contributed by atoms with van der Waals surface area (Å²) >= 11 is 7.52. The van der Waals surface area contributed by atoms with Crippen LogP contribution in [0.2, 0.25) is 5.02 Å². The van der Waals surface area contributed by atoms with Crippen LogP contribution in [0.4, 0.5) is 0 Å². The first-order chi connectivity index (χ1) is 10.7. The smallest absolute Gasteiger partial charge is 0.253 e. The van der Waals surface area contributed by atoms with E-state index in [0.717, 1.165) is 11.1 Å². The fraction of sp³-hybridized carbons (Fsp3) is 0.235. The van der Waals surface area contributed by atoms with E-state index < -0.39 is 0 Å². The van der Waals surface area contributed by atoms with Crippen LogP contribution < -0.4 is 5.48 Å². The number of halogens is 1. The van der Waals surface area contributed by atoms with Gasteiger partial charge in [0.15, 0.2) is 0 Å². The molecule has 0 saturated carbocycles. The summed E-state index contributed by atoms with van der Waals surface area (Å²) in [6.07, 6.45) is 0. The molecule has 0 aliphatic carbocycles. The quantitative estimate of drug-likeness (QED) is 0.769. The summed E-state index contributed by atoms with van der Waals surface area (Å²) in [7, 11) is 0. The largest absolute Gasteiger partial charge is 0.274 e. The molecule has 0 aliphatic heterocycles. The molecular formula is C17H18ClNO2S. The predicted octanol–water partition coefficient (Wildman–Crippen LogP) is 4.23. The Bertz CT molecular complexity index is 589. The van der Waals surface area contributed by atoms with Crippen molar-refractivity contribution in [2.45, 2.75) is 12.2 Å². The van der Waals surface area contributed by atoms with Crippen LogP contribution in [0.1, 0.15) is 23.3 Å². The third kappa shape index (κ3) is 5.05. The summed E-state index contributed by atoms with van der Waals surface area (Å²) in [5.41, 5.74) is 4.69. The number of hydrogen-bond acceptors (Lipinski definition) is 3. The Balaban J connectivity index is 2.12. The van der Waals surface area contributed by atoms with Gasteiger partial charge in [-0.15, -0.1) is 11.8 Å². The van der Waals surface area contributed by atoms with Gasteiger partial charge < -0.3 is 0 Å². The number of thioether (sulfide) groups is 1. The van der Waals surface area contributed by atoms with E-state index in [9.17, 15) is 4.79 Å². The Morgan fingerprint density at radius 2 is 1.77 bits per heavy atom. The second kappa shape index (κ2) is 8.83. The average Bonchev–Trinajstić information content (AvgIpc) is 2.55. The van der Waals surface area contributed by atoms with Gasteiger partial charge in [-0.05, 0) is 30.2 Å². The molecule has 0 bridgehead atoms. The second-order valence-electron chi connectivity index (χ2n) is 4.61. The van der Waals surface area contributed by atoms with Crippen molar-refractivity contribution in [3.63, 3.8) is 0 Å². The number of rotatable bonds is 7. The summed E-state index contributed by atoms with van der Waals surface area (Å²) in [5, 5.41) is 0.778. The van der Waals surface area contributed by atoms with Crippen molar-refractivity contribution >= 4 is 29.3 Å². The number of carbonyl (C=O) groups excluding carboxylic acids is 1. The van der Waals surface area contributed by atoms with Gasteiger partial charge in [-0.25, -0.2) is 5.48 Å². The molecule has 2 aromatic carbocycles. The van der Waals surface area contributed by atoms with E-state index in [1.165, 1.54) is 0 Å². The molecular weight excluding hydrogens is 318 g/mol. The lowest BCUT2D eigenvalue weighted by Crippen LogP contribution is -2.25. The molecule has 116 valence electrons. The van der Waals surface area contributed by atoms with E-state index in [0.29, 0.717) is 17.4 Å². The normalized spacial score (nSPS) is 11.9. The number of hydrogen-bond donors (Lipinski definition) is 1. The SMILES string of the molecule is CCONC(=O)CSC(c1ccccc1)c1ccc(Cl)cc1. The Morgan fingerprint density at radius 1 is 1.14 bits per heavy atom. The van der Waals surface area contributed by atoms with Crippen LogP contribution in [0.5, 0.6) is 0 Å². The lowest BCUT2D eigenvalue weighted by Gasteiger charge is -2.17. The molecule has 0 aromatic heterocycles. The zero-order chi connectivity index (χ0) is 15.8. The van der Waals surface area contributed by atoms with Gasteiger partial charge >= 0.3 is 0 Å². The third-order valence-corrected chi connectivity index (χ3v) is 4.55. The summed E-state index contributed by atoms with van der Waals surface area (Å²) in [4.78, 5) is 16.7. The standard InChI is InChI=1S/C17H18ClNO2S/c1-2-21-19-16(20)12-22-17(13-6-4-3-5-7-13)14-8-10-15(18)11-9-14/h3-11,17H,2,12H2,1H3,(H,19,20). The fourth-order valence-electron chi connectivity index (χ4n) is 1.99. The highest BCUT2D eigenvalue weighted by molar-refractivity contribution is 8.00. The van der Waals surface area contributed by atoms with E-state index in [2.05, 4.69) is 17.6 Å². The number of benzene rings is 2. The number of amides is 1. The minimum absolute atomic E-state index is 0.0749. The Hall–Kier alpha value is -1.49. The first kappa shape index (κ1) is 16.9. The molecule has 0 radical (unpaired) electrons. The fourth-order valence-corrected chi connectivity index (χ4v) is 3.19. The van der Waals surface area contributed by atoms with E-state index in [4.69, 9.17) is 16.4 Å². The van der Waals surface area contributed by atoms with Crippen LogP contribution in [0.3, 0.4) is 0 Å². The zero-order valence-corrected chi connectivity index (χ0v) is 13.9. The maximum atomic E-state index is 11.7. The van der Waals surface area contributed by atoms with Gasteiger partial charge in [0, 0.05) is 5.02 Å². The lowest BCUT2D eigenvalue weighted by atomic mass is 10.0. The molecule has 0 aliphatic rings. The molecule has 0 saturated heterocycles. The molecule has 1 amide bonds. The van der Waals surface area contributed by atoms with E-state index in [1.54, 1.807) is 11.8 Å². The number of carbonyl (C=O) groups is 1. The van der Waals surface area contributed by atoms with Gasteiger partial charge in [-0.3, -0.25) is 9.63 Å². The summed E-state index contributed by atoms with van der Waals surface area (Å²) in [5.74, 6) is 0.184. The predicted molar refractivity (Wildman–Crippen MR) is 92.0 cm³/mol. The first-order valence-electron chi connectivity index (χ1n) is 7.03. The highest BCUT2D eigenvalue weighted by atomic mass is 35.5. The summed E-state index contributed by atoms with van der Waals surface area (Å²) in [6, 6.07) is 17.8. The van der Waals surface area contributed by atoms with Crippen LogP contribution in [-0.2, 0) is 9.63 Å². The first-order valence-corrected chi connectivity index (χ1v) is 8.46. The molecule has 0 fully saturated rings. The van der Waals surface area contributed by atoms with Crippen molar-refractivity contribution < 1.29 is 9.63 Å². The molecule has 0 spiro atoms. The second-order valence-corrected chi connectivity index (χ2v) is 6.14. The summed E-state index contributed by atoms with van der Waals surface area (Å²) < 4.78 is 0. The van der Waals surface area contributed by atoms with Crippen LogP contribution in [0.15, 0.2) is 54.6 Å². The zero-order valence-electron chi connectivity index (χ0n) is 12.3. The van der Waals surface area contributed by atoms with Gasteiger partial charge in [0.2, 0.25) is 0 Å². The van der Waals surface area contributed by atoms with E-state index >= 15 is 0 Å². The van der Waals surface area contributed by atoms with Crippen molar-refractivity contribution in [1.29, 1.82) is 0 Å². The van der Waals surface area contributed by atoms with Gasteiger partial charge in [0.25, 0.3) is 5.91 Å². The molecule has 3 nitrogen and oxygen atoms in total. The van der Waals surface area contributed by atoms with Crippen molar-refractivity contribution in [3.05, 3.63) is 70.7 Å². The molecule has 5 heteroatoms. The van der Waals surface area contributed by atoms with Crippen LogP contribution in [0.25, 0.3) is 0 Å². The van der Waals surface area contributed by atoms with Crippen molar-refractivity contribution in [2.24, 2.45) is 0 Å². The Labute approximate surface area is 140 Å². The van der Waals surface area contributed by atoms with Crippen LogP contribution >= 0.6 is 23.4 Å². The van der Waals surface area contributed by atoms with Gasteiger partial charge in [0.1, 0.15) is 0 Å². The average molecular weight is 336 g/mol. The maximum absolute atomic E-state index is 11.7. The lowest BCUT2D eigenvalue weighted by molar-refractivity contribution is -0.130. The Morgan fingerprint density at radius 3 is 2.41 bits per heavy atom. The maximum Gasteiger partial charge on any atom is 0.253 e. The van der Waals surface area contributed by atoms with E-state index in [1.807, 2.05) is 49.4 Å². The Kier molecular flexibility index (Phi) is 6.77. The highest BCUT2D eigenvalue weighted by Crippen LogP contribution is 2.35. The minimum Gasteiger partial charge on any atom is -0.274 e. The van der Waals surface area contributed by atoms with Crippen LogP contribution in [0, 0.1) is 0 Å². The number of hydroxylamine groups is 1.